The highest BCUT2D eigenvalue weighted by molar-refractivity contribution is 5.73. The molecule has 1 aromatic carbocycles. The highest BCUT2D eigenvalue weighted by atomic mass is 16.5. The smallest absolute Gasteiger partial charge is 0.314 e. The molecule has 0 spiro atoms. The minimum atomic E-state index is -0.176. The SMILES string of the molecule is CCCCNC(=O)NCCOc1cccc(OC)c1OC. The number of carbonyl (C=O) groups is 1. The topological polar surface area (TPSA) is 68.8 Å². The summed E-state index contributed by atoms with van der Waals surface area (Å²) in [5.41, 5.74) is 0. The predicted octanol–water partition coefficient (Wildman–Crippen LogP) is 2.18. The summed E-state index contributed by atoms with van der Waals surface area (Å²) in [5.74, 6) is 1.75. The molecule has 6 heteroatoms. The Morgan fingerprint density at radius 3 is 2.48 bits per heavy atom. The third kappa shape index (κ3) is 5.81. The Hall–Kier alpha value is -2.11. The number of nitrogens with one attached hydrogen (secondary N) is 2. The molecule has 0 aliphatic rings. The molecule has 2 amide bonds. The molecule has 1 aromatic rings. The number of carbonyl (C=O) groups excluding carboxylic acids is 1. The molecule has 0 saturated carbocycles. The van der Waals surface area contributed by atoms with Gasteiger partial charge in [0.2, 0.25) is 5.75 Å². The van der Waals surface area contributed by atoms with Crippen molar-refractivity contribution in [2.24, 2.45) is 0 Å². The second kappa shape index (κ2) is 9.74. The van der Waals surface area contributed by atoms with E-state index < -0.39 is 0 Å². The standard InChI is InChI=1S/C15H24N2O4/c1-4-5-9-16-15(18)17-10-11-21-13-8-6-7-12(19-2)14(13)20-3/h6-8H,4-5,9-11H2,1-3H3,(H2,16,17,18). The lowest BCUT2D eigenvalue weighted by atomic mass is 10.3. The van der Waals surface area contributed by atoms with Crippen LogP contribution in [0, 0.1) is 0 Å². The minimum Gasteiger partial charge on any atom is -0.493 e. The van der Waals surface area contributed by atoms with Crippen LogP contribution < -0.4 is 24.8 Å². The van der Waals surface area contributed by atoms with Crippen LogP contribution in [0.25, 0.3) is 0 Å². The Bertz CT molecular complexity index is 438. The average Bonchev–Trinajstić information content (AvgIpc) is 2.51. The third-order valence-electron chi connectivity index (χ3n) is 2.83. The van der Waals surface area contributed by atoms with Crippen molar-refractivity contribution in [2.75, 3.05) is 33.9 Å². The van der Waals surface area contributed by atoms with Gasteiger partial charge in [-0.1, -0.05) is 19.4 Å². The quantitative estimate of drug-likeness (QED) is 0.685. The van der Waals surface area contributed by atoms with Crippen LogP contribution >= 0.6 is 0 Å². The van der Waals surface area contributed by atoms with E-state index >= 15 is 0 Å². The van der Waals surface area contributed by atoms with Gasteiger partial charge in [0.15, 0.2) is 11.5 Å². The largest absolute Gasteiger partial charge is 0.493 e. The lowest BCUT2D eigenvalue weighted by Crippen LogP contribution is -2.38. The highest BCUT2D eigenvalue weighted by Crippen LogP contribution is 2.36. The van der Waals surface area contributed by atoms with E-state index in [0.717, 1.165) is 12.8 Å². The van der Waals surface area contributed by atoms with Crippen LogP contribution in [-0.2, 0) is 0 Å². The van der Waals surface area contributed by atoms with E-state index in [9.17, 15) is 4.79 Å². The Balaban J connectivity index is 2.34. The summed E-state index contributed by atoms with van der Waals surface area (Å²) in [7, 11) is 3.13. The lowest BCUT2D eigenvalue weighted by Gasteiger charge is -2.13. The molecule has 0 aliphatic carbocycles. The van der Waals surface area contributed by atoms with Crippen molar-refractivity contribution in [1.82, 2.24) is 10.6 Å². The van der Waals surface area contributed by atoms with Crippen LogP contribution in [-0.4, -0.2) is 39.9 Å². The van der Waals surface area contributed by atoms with Gasteiger partial charge in [-0.05, 0) is 18.6 Å². The molecule has 0 bridgehead atoms. The molecule has 118 valence electrons. The van der Waals surface area contributed by atoms with Crippen molar-refractivity contribution in [3.63, 3.8) is 0 Å². The van der Waals surface area contributed by atoms with Crippen molar-refractivity contribution >= 4 is 6.03 Å². The van der Waals surface area contributed by atoms with Crippen LogP contribution in [0.4, 0.5) is 4.79 Å². The van der Waals surface area contributed by atoms with Crippen molar-refractivity contribution in [1.29, 1.82) is 0 Å². The summed E-state index contributed by atoms with van der Waals surface area (Å²) in [6.07, 6.45) is 2.03. The number of para-hydroxylation sites is 1. The summed E-state index contributed by atoms with van der Waals surface area (Å²) < 4.78 is 16.1. The van der Waals surface area contributed by atoms with Crippen LogP contribution in [0.1, 0.15) is 19.8 Å². The van der Waals surface area contributed by atoms with Crippen molar-refractivity contribution < 1.29 is 19.0 Å². The predicted molar refractivity (Wildman–Crippen MR) is 81.4 cm³/mol. The molecule has 6 nitrogen and oxygen atoms in total. The van der Waals surface area contributed by atoms with Crippen molar-refractivity contribution in [2.45, 2.75) is 19.8 Å². The molecule has 1 rings (SSSR count). The Labute approximate surface area is 125 Å². The van der Waals surface area contributed by atoms with E-state index in [1.54, 1.807) is 26.4 Å². The van der Waals surface area contributed by atoms with Crippen LogP contribution in [0.5, 0.6) is 17.2 Å². The van der Waals surface area contributed by atoms with Crippen molar-refractivity contribution in [3.8, 4) is 17.2 Å². The molecule has 2 N–H and O–H groups in total. The number of rotatable bonds is 9. The van der Waals surface area contributed by atoms with Gasteiger partial charge in [0, 0.05) is 6.54 Å². The van der Waals surface area contributed by atoms with Gasteiger partial charge < -0.3 is 24.8 Å². The summed E-state index contributed by atoms with van der Waals surface area (Å²) in [5, 5.41) is 5.50. The molecule has 0 saturated heterocycles. The second-order valence-electron chi connectivity index (χ2n) is 4.38. The summed E-state index contributed by atoms with van der Waals surface area (Å²) in [6, 6.07) is 5.24. The molecule has 0 aromatic heterocycles. The average molecular weight is 296 g/mol. The van der Waals surface area contributed by atoms with E-state index in [-0.39, 0.29) is 6.03 Å². The molecule has 0 atom stereocenters. The number of methoxy groups -OCH3 is 2. The molecule has 0 unspecified atom stereocenters. The fourth-order valence-electron chi connectivity index (χ4n) is 1.74. The first-order valence-electron chi connectivity index (χ1n) is 7.08. The fraction of sp³-hybridized carbons (Fsp3) is 0.533. The molecule has 0 aliphatic heterocycles. The van der Waals surface area contributed by atoms with Gasteiger partial charge in [-0.3, -0.25) is 0 Å². The van der Waals surface area contributed by atoms with Gasteiger partial charge in [0.25, 0.3) is 0 Å². The number of unbranched alkanes of at least 4 members (excludes halogenated alkanes) is 1. The first-order valence-corrected chi connectivity index (χ1v) is 7.08. The monoisotopic (exact) mass is 296 g/mol. The van der Waals surface area contributed by atoms with Crippen molar-refractivity contribution in [3.05, 3.63) is 18.2 Å². The summed E-state index contributed by atoms with van der Waals surface area (Å²) >= 11 is 0. The first kappa shape index (κ1) is 16.9. The maximum absolute atomic E-state index is 11.4. The third-order valence-corrected chi connectivity index (χ3v) is 2.83. The molecule has 0 heterocycles. The van der Waals surface area contributed by atoms with Crippen LogP contribution in [0.15, 0.2) is 18.2 Å². The lowest BCUT2D eigenvalue weighted by molar-refractivity contribution is 0.235. The number of urea groups is 1. The molecular weight excluding hydrogens is 272 g/mol. The number of benzene rings is 1. The highest BCUT2D eigenvalue weighted by Gasteiger charge is 2.10. The maximum Gasteiger partial charge on any atom is 0.314 e. The summed E-state index contributed by atoms with van der Waals surface area (Å²) in [6.45, 7) is 3.53. The fourth-order valence-corrected chi connectivity index (χ4v) is 1.74. The molecule has 0 fully saturated rings. The zero-order valence-corrected chi connectivity index (χ0v) is 12.9. The second-order valence-corrected chi connectivity index (χ2v) is 4.38. The van der Waals surface area contributed by atoms with E-state index in [1.165, 1.54) is 0 Å². The van der Waals surface area contributed by atoms with Gasteiger partial charge in [-0.2, -0.15) is 0 Å². The molecule has 0 radical (unpaired) electrons. The van der Waals surface area contributed by atoms with Crippen LogP contribution in [0.3, 0.4) is 0 Å². The van der Waals surface area contributed by atoms with E-state index in [0.29, 0.717) is 36.9 Å². The number of amides is 2. The molecule has 21 heavy (non-hydrogen) atoms. The van der Waals surface area contributed by atoms with Gasteiger partial charge in [0.1, 0.15) is 6.61 Å². The Kier molecular flexibility index (Phi) is 7.86. The van der Waals surface area contributed by atoms with Gasteiger partial charge in [-0.15, -0.1) is 0 Å². The molecular formula is C15H24N2O4. The normalized spacial score (nSPS) is 9.86. The van der Waals surface area contributed by atoms with Gasteiger partial charge >= 0.3 is 6.03 Å². The Morgan fingerprint density at radius 2 is 1.81 bits per heavy atom. The van der Waals surface area contributed by atoms with Gasteiger partial charge in [0.05, 0.1) is 20.8 Å². The van der Waals surface area contributed by atoms with E-state index in [1.807, 2.05) is 6.07 Å². The number of ether oxygens (including phenoxy) is 3. The Morgan fingerprint density at radius 1 is 1.10 bits per heavy atom. The zero-order chi connectivity index (χ0) is 15.5. The maximum atomic E-state index is 11.4. The number of hydrogen-bond donors (Lipinski definition) is 2. The van der Waals surface area contributed by atoms with E-state index in [4.69, 9.17) is 14.2 Å². The summed E-state index contributed by atoms with van der Waals surface area (Å²) in [4.78, 5) is 11.4. The van der Waals surface area contributed by atoms with E-state index in [2.05, 4.69) is 17.6 Å². The van der Waals surface area contributed by atoms with Gasteiger partial charge in [-0.25, -0.2) is 4.79 Å². The first-order chi connectivity index (χ1) is 10.2. The number of hydrogen-bond acceptors (Lipinski definition) is 4. The zero-order valence-electron chi connectivity index (χ0n) is 12.9. The minimum absolute atomic E-state index is 0.176. The van der Waals surface area contributed by atoms with Crippen LogP contribution in [0.2, 0.25) is 0 Å².